The molecule has 1 N–H and O–H groups in total. The van der Waals surface area contributed by atoms with Gasteiger partial charge in [-0.05, 0) is 30.5 Å². The van der Waals surface area contributed by atoms with Crippen LogP contribution in [0.1, 0.15) is 23.4 Å². The van der Waals surface area contributed by atoms with Gasteiger partial charge in [0.25, 0.3) is 0 Å². The largest absolute Gasteiger partial charge is 0.363 e. The van der Waals surface area contributed by atoms with E-state index in [4.69, 9.17) is 5.26 Å². The van der Waals surface area contributed by atoms with Gasteiger partial charge < -0.3 is 5.32 Å². The van der Waals surface area contributed by atoms with Crippen LogP contribution in [0.5, 0.6) is 0 Å². The fraction of sp³-hybridized carbons (Fsp3) is 0.167. The molecule has 2 aromatic heterocycles. The molecule has 2 heterocycles. The van der Waals surface area contributed by atoms with Gasteiger partial charge in [0, 0.05) is 11.1 Å². The Hall–Kier alpha value is -1.86. The summed E-state index contributed by atoms with van der Waals surface area (Å²) in [6.45, 7) is 2.08. The number of anilines is 1. The maximum absolute atomic E-state index is 8.78. The van der Waals surface area contributed by atoms with Crippen LogP contribution in [-0.2, 0) is 0 Å². The Morgan fingerprint density at radius 2 is 2.38 bits per heavy atom. The van der Waals surface area contributed by atoms with E-state index in [1.807, 2.05) is 11.4 Å². The number of nitrogens with one attached hydrogen (secondary N) is 1. The fourth-order valence-corrected chi connectivity index (χ4v) is 2.14. The van der Waals surface area contributed by atoms with Crippen molar-refractivity contribution in [3.05, 3.63) is 46.3 Å². The summed E-state index contributed by atoms with van der Waals surface area (Å²) in [7, 11) is 0. The van der Waals surface area contributed by atoms with Crippen LogP contribution >= 0.6 is 11.3 Å². The molecule has 2 aromatic rings. The second-order valence-electron chi connectivity index (χ2n) is 3.42. The first-order chi connectivity index (χ1) is 7.79. The average molecular weight is 229 g/mol. The third-order valence-electron chi connectivity index (χ3n) is 2.22. The molecule has 0 radical (unpaired) electrons. The van der Waals surface area contributed by atoms with Crippen LogP contribution in [0.25, 0.3) is 0 Å². The lowest BCUT2D eigenvalue weighted by molar-refractivity contribution is 0.896. The molecule has 1 unspecified atom stereocenters. The van der Waals surface area contributed by atoms with Crippen molar-refractivity contribution >= 4 is 17.2 Å². The number of hydrogen-bond acceptors (Lipinski definition) is 4. The number of pyridine rings is 1. The van der Waals surface area contributed by atoms with Gasteiger partial charge in [-0.15, -0.1) is 11.3 Å². The van der Waals surface area contributed by atoms with Gasteiger partial charge in [-0.3, -0.25) is 0 Å². The van der Waals surface area contributed by atoms with Gasteiger partial charge in [-0.1, -0.05) is 6.07 Å². The van der Waals surface area contributed by atoms with E-state index >= 15 is 0 Å². The van der Waals surface area contributed by atoms with Crippen molar-refractivity contribution in [2.24, 2.45) is 0 Å². The smallest absolute Gasteiger partial charge is 0.127 e. The molecule has 0 aromatic carbocycles. The summed E-state index contributed by atoms with van der Waals surface area (Å²) < 4.78 is 0. The summed E-state index contributed by atoms with van der Waals surface area (Å²) in [5.41, 5.74) is 0.621. The van der Waals surface area contributed by atoms with E-state index in [1.54, 1.807) is 29.7 Å². The highest BCUT2D eigenvalue weighted by molar-refractivity contribution is 7.10. The third kappa shape index (κ3) is 2.38. The highest BCUT2D eigenvalue weighted by atomic mass is 32.1. The minimum atomic E-state index is 0.210. The van der Waals surface area contributed by atoms with E-state index in [2.05, 4.69) is 29.4 Å². The van der Waals surface area contributed by atoms with Gasteiger partial charge >= 0.3 is 0 Å². The van der Waals surface area contributed by atoms with Gasteiger partial charge in [0.15, 0.2) is 0 Å². The number of hydrogen-bond donors (Lipinski definition) is 1. The molecular weight excluding hydrogens is 218 g/mol. The molecule has 0 saturated carbocycles. The SMILES string of the molecule is CC(Nc1cc(C#N)ccn1)c1cccs1. The van der Waals surface area contributed by atoms with Crippen LogP contribution in [0.15, 0.2) is 35.8 Å². The van der Waals surface area contributed by atoms with Crippen molar-refractivity contribution in [3.63, 3.8) is 0 Å². The summed E-state index contributed by atoms with van der Waals surface area (Å²) >= 11 is 1.70. The fourth-order valence-electron chi connectivity index (χ4n) is 1.41. The third-order valence-corrected chi connectivity index (χ3v) is 3.28. The Bertz CT molecular complexity index is 499. The zero-order valence-corrected chi connectivity index (χ0v) is 9.66. The maximum atomic E-state index is 8.78. The first-order valence-corrected chi connectivity index (χ1v) is 5.83. The first-order valence-electron chi connectivity index (χ1n) is 4.95. The summed E-state index contributed by atoms with van der Waals surface area (Å²) in [5, 5.41) is 14.1. The van der Waals surface area contributed by atoms with E-state index in [-0.39, 0.29) is 6.04 Å². The molecule has 0 aliphatic rings. The zero-order chi connectivity index (χ0) is 11.4. The standard InChI is InChI=1S/C12H11N3S/c1-9(11-3-2-6-16-11)15-12-7-10(8-13)4-5-14-12/h2-7,9H,1H3,(H,14,15). The van der Waals surface area contributed by atoms with Crippen LogP contribution in [0.4, 0.5) is 5.82 Å². The van der Waals surface area contributed by atoms with Crippen molar-refractivity contribution in [2.75, 3.05) is 5.32 Å². The van der Waals surface area contributed by atoms with Crippen molar-refractivity contribution < 1.29 is 0 Å². The minimum absolute atomic E-state index is 0.210. The van der Waals surface area contributed by atoms with Crippen molar-refractivity contribution in [1.82, 2.24) is 4.98 Å². The lowest BCUT2D eigenvalue weighted by Crippen LogP contribution is -2.06. The van der Waals surface area contributed by atoms with Crippen molar-refractivity contribution in [1.29, 1.82) is 5.26 Å². The molecule has 16 heavy (non-hydrogen) atoms. The number of nitrogens with zero attached hydrogens (tertiary/aromatic N) is 2. The number of thiophene rings is 1. The molecular formula is C12H11N3S. The van der Waals surface area contributed by atoms with Crippen LogP contribution < -0.4 is 5.32 Å². The molecule has 0 amide bonds. The maximum Gasteiger partial charge on any atom is 0.127 e. The van der Waals surface area contributed by atoms with E-state index in [9.17, 15) is 0 Å². The molecule has 4 heteroatoms. The predicted molar refractivity (Wildman–Crippen MR) is 65.3 cm³/mol. The number of rotatable bonds is 3. The van der Waals surface area contributed by atoms with E-state index in [1.165, 1.54) is 4.88 Å². The molecule has 0 fully saturated rings. The topological polar surface area (TPSA) is 48.7 Å². The molecule has 2 rings (SSSR count). The van der Waals surface area contributed by atoms with Gasteiger partial charge in [0.2, 0.25) is 0 Å². The monoisotopic (exact) mass is 229 g/mol. The van der Waals surface area contributed by atoms with E-state index < -0.39 is 0 Å². The molecule has 0 spiro atoms. The average Bonchev–Trinajstić information content (AvgIpc) is 2.83. The quantitative estimate of drug-likeness (QED) is 0.879. The number of nitriles is 1. The second-order valence-corrected chi connectivity index (χ2v) is 4.40. The molecule has 0 saturated heterocycles. The van der Waals surface area contributed by atoms with E-state index in [0.717, 1.165) is 5.82 Å². The lowest BCUT2D eigenvalue weighted by atomic mass is 10.2. The predicted octanol–water partition coefficient (Wildman–Crippen LogP) is 3.19. The van der Waals surface area contributed by atoms with Crippen molar-refractivity contribution in [3.8, 4) is 6.07 Å². The summed E-state index contributed by atoms with van der Waals surface area (Å²) in [4.78, 5) is 5.43. The van der Waals surface area contributed by atoms with Gasteiger partial charge in [0.1, 0.15) is 5.82 Å². The summed E-state index contributed by atoms with van der Waals surface area (Å²) in [6.07, 6.45) is 1.64. The normalized spacial score (nSPS) is 11.8. The Labute approximate surface area is 98.4 Å². The Kier molecular flexibility index (Phi) is 3.18. The highest BCUT2D eigenvalue weighted by Crippen LogP contribution is 2.22. The van der Waals surface area contributed by atoms with Gasteiger partial charge in [-0.25, -0.2) is 4.98 Å². The van der Waals surface area contributed by atoms with Crippen molar-refractivity contribution in [2.45, 2.75) is 13.0 Å². The summed E-state index contributed by atoms with van der Waals surface area (Å²) in [6, 6.07) is 9.86. The second kappa shape index (κ2) is 4.77. The van der Waals surface area contributed by atoms with Crippen LogP contribution in [0, 0.1) is 11.3 Å². The molecule has 3 nitrogen and oxygen atoms in total. The van der Waals surface area contributed by atoms with Gasteiger partial charge in [-0.2, -0.15) is 5.26 Å². The van der Waals surface area contributed by atoms with Gasteiger partial charge in [0.05, 0.1) is 17.7 Å². The molecule has 80 valence electrons. The molecule has 0 aliphatic heterocycles. The minimum Gasteiger partial charge on any atom is -0.363 e. The molecule has 0 aliphatic carbocycles. The van der Waals surface area contributed by atoms with Crippen LogP contribution in [-0.4, -0.2) is 4.98 Å². The van der Waals surface area contributed by atoms with Crippen LogP contribution in [0.2, 0.25) is 0 Å². The first kappa shape index (κ1) is 10.7. The molecule has 1 atom stereocenters. The Balaban J connectivity index is 2.12. The lowest BCUT2D eigenvalue weighted by Gasteiger charge is -2.12. The highest BCUT2D eigenvalue weighted by Gasteiger charge is 2.06. The number of aromatic nitrogens is 1. The zero-order valence-electron chi connectivity index (χ0n) is 8.84. The summed E-state index contributed by atoms with van der Waals surface area (Å²) in [5.74, 6) is 0.736. The van der Waals surface area contributed by atoms with E-state index in [0.29, 0.717) is 5.56 Å². The Morgan fingerprint density at radius 3 is 3.06 bits per heavy atom. The van der Waals surface area contributed by atoms with Crippen LogP contribution in [0.3, 0.4) is 0 Å². The Morgan fingerprint density at radius 1 is 1.50 bits per heavy atom. The molecule has 0 bridgehead atoms.